The van der Waals surface area contributed by atoms with Crippen molar-refractivity contribution in [3.63, 3.8) is 0 Å². The molecule has 0 N–H and O–H groups in total. The molecular formula is C46H62O17. The molecule has 4 rings (SSSR count). The van der Waals surface area contributed by atoms with Gasteiger partial charge in [-0.05, 0) is 51.7 Å². The molecule has 3 fully saturated rings. The Hall–Kier alpha value is -4.97. The van der Waals surface area contributed by atoms with Crippen LogP contribution < -0.4 is 0 Å². The van der Waals surface area contributed by atoms with Crippen LogP contribution >= 0.6 is 0 Å². The molecule has 348 valence electrons. The SMILES string of the molecule is C/C=C(\C)C(=O)O[C@@H]1[C@@H](OC(C)=O)[C@@H]2O[C@H]3[C@H](O[C@@H](CCC)CCCCCCC(=O)CCC(=O)OC[C@@H](O2)[C@H]1OC(=O)/C=C/c1ccccc1)O[C@H](C)[C@H](OC(C)=O)[C@@H]3OC(C)=O. The Kier molecular flexibility index (Phi) is 20.4. The van der Waals surface area contributed by atoms with Crippen molar-refractivity contribution in [3.05, 3.63) is 53.6 Å². The van der Waals surface area contributed by atoms with E-state index < -0.39 is 110 Å². The first-order valence-electron chi connectivity index (χ1n) is 21.7. The lowest BCUT2D eigenvalue weighted by Crippen LogP contribution is -2.67. The van der Waals surface area contributed by atoms with E-state index in [1.807, 2.05) is 6.92 Å². The molecule has 0 saturated carbocycles. The molecule has 0 aromatic heterocycles. The van der Waals surface area contributed by atoms with Gasteiger partial charge in [-0.2, -0.15) is 0 Å². The summed E-state index contributed by atoms with van der Waals surface area (Å²) >= 11 is 0. The van der Waals surface area contributed by atoms with Gasteiger partial charge in [-0.15, -0.1) is 0 Å². The summed E-state index contributed by atoms with van der Waals surface area (Å²) in [5.41, 5.74) is 0.800. The van der Waals surface area contributed by atoms with Gasteiger partial charge in [0.2, 0.25) is 0 Å². The molecule has 0 aliphatic carbocycles. The van der Waals surface area contributed by atoms with Crippen LogP contribution in [0.4, 0.5) is 0 Å². The molecule has 0 spiro atoms. The third kappa shape index (κ3) is 16.0. The normalized spacial score (nSPS) is 30.5. The topological polar surface area (TPSA) is 212 Å². The van der Waals surface area contributed by atoms with Crippen LogP contribution in [-0.2, 0) is 80.9 Å². The van der Waals surface area contributed by atoms with Crippen molar-refractivity contribution in [2.75, 3.05) is 6.61 Å². The third-order valence-corrected chi connectivity index (χ3v) is 10.7. The number of rotatable bonds is 10. The van der Waals surface area contributed by atoms with Crippen molar-refractivity contribution < 1.29 is 80.9 Å². The number of cyclic esters (lactones) is 1. The second kappa shape index (κ2) is 25.4. The molecule has 17 nitrogen and oxygen atoms in total. The number of carbonyl (C=O) groups is 7. The minimum atomic E-state index is -1.78. The summed E-state index contributed by atoms with van der Waals surface area (Å²) in [6, 6.07) is 8.85. The molecule has 3 aliphatic rings. The zero-order chi connectivity index (χ0) is 46.1. The fourth-order valence-electron chi connectivity index (χ4n) is 7.47. The van der Waals surface area contributed by atoms with E-state index in [4.69, 9.17) is 47.4 Å². The monoisotopic (exact) mass is 886 g/mol. The van der Waals surface area contributed by atoms with E-state index in [2.05, 4.69) is 0 Å². The lowest BCUT2D eigenvalue weighted by atomic mass is 9.96. The van der Waals surface area contributed by atoms with Gasteiger partial charge in [0.15, 0.2) is 49.2 Å². The van der Waals surface area contributed by atoms with E-state index in [9.17, 15) is 33.6 Å². The fraction of sp³-hybridized carbons (Fsp3) is 0.630. The summed E-state index contributed by atoms with van der Waals surface area (Å²) in [6.07, 6.45) is -6.10. The highest BCUT2D eigenvalue weighted by Crippen LogP contribution is 2.36. The summed E-state index contributed by atoms with van der Waals surface area (Å²) in [6.45, 7) is 9.49. The van der Waals surface area contributed by atoms with Crippen LogP contribution in [0.3, 0.4) is 0 Å². The Bertz CT molecular complexity index is 1770. The summed E-state index contributed by atoms with van der Waals surface area (Å²) in [4.78, 5) is 91.3. The van der Waals surface area contributed by atoms with Crippen molar-refractivity contribution in [3.8, 4) is 0 Å². The maximum Gasteiger partial charge on any atom is 0.333 e. The fourth-order valence-corrected chi connectivity index (χ4v) is 7.47. The van der Waals surface area contributed by atoms with Gasteiger partial charge in [0.25, 0.3) is 0 Å². The van der Waals surface area contributed by atoms with Crippen LogP contribution in [0.1, 0.15) is 118 Å². The number of fused-ring (bicyclic) bond motifs is 3. The zero-order valence-corrected chi connectivity index (χ0v) is 37.2. The predicted octanol–water partition coefficient (Wildman–Crippen LogP) is 5.57. The minimum Gasteiger partial charge on any atom is -0.463 e. The molecule has 1 aromatic rings. The van der Waals surface area contributed by atoms with Crippen molar-refractivity contribution in [1.29, 1.82) is 0 Å². The minimum absolute atomic E-state index is 0.0644. The molecule has 3 heterocycles. The van der Waals surface area contributed by atoms with Gasteiger partial charge in [-0.3, -0.25) is 24.0 Å². The maximum atomic E-state index is 13.6. The second-order valence-corrected chi connectivity index (χ2v) is 15.8. The number of hydrogen-bond donors (Lipinski definition) is 0. The molecule has 0 radical (unpaired) electrons. The highest BCUT2D eigenvalue weighted by Gasteiger charge is 2.57. The largest absolute Gasteiger partial charge is 0.463 e. The Morgan fingerprint density at radius 3 is 2.03 bits per heavy atom. The van der Waals surface area contributed by atoms with E-state index in [0.717, 1.165) is 45.6 Å². The first kappa shape index (κ1) is 50.7. The Morgan fingerprint density at radius 2 is 1.37 bits per heavy atom. The Morgan fingerprint density at radius 1 is 0.698 bits per heavy atom. The summed E-state index contributed by atoms with van der Waals surface area (Å²) < 4.78 is 60.9. The van der Waals surface area contributed by atoms with Gasteiger partial charge in [0, 0.05) is 45.3 Å². The number of Topliss-reactive ketones (excluding diaryl/α,β-unsaturated/α-hetero) is 1. The van der Waals surface area contributed by atoms with Crippen LogP contribution in [0, 0.1) is 0 Å². The van der Waals surface area contributed by atoms with Gasteiger partial charge < -0.3 is 47.4 Å². The first-order valence-corrected chi connectivity index (χ1v) is 21.7. The van der Waals surface area contributed by atoms with E-state index in [1.54, 1.807) is 44.2 Å². The lowest BCUT2D eigenvalue weighted by Gasteiger charge is -2.48. The van der Waals surface area contributed by atoms with E-state index in [-0.39, 0.29) is 30.6 Å². The van der Waals surface area contributed by atoms with Gasteiger partial charge in [-0.25, -0.2) is 9.59 Å². The summed E-state index contributed by atoms with van der Waals surface area (Å²) in [7, 11) is 0. The number of carbonyl (C=O) groups excluding carboxylic acids is 7. The number of esters is 6. The van der Waals surface area contributed by atoms with E-state index >= 15 is 0 Å². The molecule has 2 bridgehead atoms. The molecule has 17 heteroatoms. The van der Waals surface area contributed by atoms with Gasteiger partial charge >= 0.3 is 35.8 Å². The molecule has 63 heavy (non-hydrogen) atoms. The maximum absolute atomic E-state index is 13.6. The third-order valence-electron chi connectivity index (χ3n) is 10.7. The smallest absolute Gasteiger partial charge is 0.333 e. The average Bonchev–Trinajstić information content (AvgIpc) is 3.23. The highest BCUT2D eigenvalue weighted by molar-refractivity contribution is 5.88. The first-order chi connectivity index (χ1) is 30.1. The highest BCUT2D eigenvalue weighted by atomic mass is 16.8. The van der Waals surface area contributed by atoms with Gasteiger partial charge in [-0.1, -0.05) is 69.0 Å². The van der Waals surface area contributed by atoms with Crippen LogP contribution in [0.2, 0.25) is 0 Å². The zero-order valence-electron chi connectivity index (χ0n) is 37.2. The number of ketones is 1. The molecule has 0 unspecified atom stereocenters. The predicted molar refractivity (Wildman–Crippen MR) is 222 cm³/mol. The molecule has 11 atom stereocenters. The van der Waals surface area contributed by atoms with Gasteiger partial charge in [0.05, 0.1) is 18.6 Å². The summed E-state index contributed by atoms with van der Waals surface area (Å²) in [5.74, 6) is -5.04. The summed E-state index contributed by atoms with van der Waals surface area (Å²) in [5, 5.41) is 0. The molecule has 3 aliphatic heterocycles. The number of hydrogen-bond acceptors (Lipinski definition) is 17. The second-order valence-electron chi connectivity index (χ2n) is 15.8. The number of allylic oxidation sites excluding steroid dienone is 1. The quantitative estimate of drug-likeness (QED) is 0.160. The van der Waals surface area contributed by atoms with Crippen molar-refractivity contribution in [2.45, 2.75) is 180 Å². The molecule has 3 saturated heterocycles. The van der Waals surface area contributed by atoms with Gasteiger partial charge in [0.1, 0.15) is 18.5 Å². The number of benzene rings is 1. The van der Waals surface area contributed by atoms with Crippen LogP contribution in [-0.4, -0.2) is 116 Å². The Balaban J connectivity index is 1.89. The molecular weight excluding hydrogens is 824 g/mol. The van der Waals surface area contributed by atoms with Crippen molar-refractivity contribution in [1.82, 2.24) is 0 Å². The standard InChI is InChI=1S/C46H62O17/c1-8-17-34-21-16-11-10-15-20-33(50)23-25-36(51)54-26-35-39(61-37(52)24-22-32-18-13-12-14-19-32)41(62-44(53)27(3)9-2)42(58-31(7)49)46(60-35)63-43-40(57-30(6)48)38(56-29(5)47)28(4)55-45(43)59-34/h9,12-14,18-19,22,24,28,34-35,38-43,45-46H,8,10-11,15-17,20-21,23,25-26H2,1-7H3/b24-22+,27-9+/t28-,34+,35-,38+,39-,40+,41+,42-,43-,45+,46+/m1/s1. The van der Waals surface area contributed by atoms with Crippen LogP contribution in [0.5, 0.6) is 0 Å². The number of ether oxygens (including phenoxy) is 10. The van der Waals surface area contributed by atoms with E-state index in [0.29, 0.717) is 24.8 Å². The molecule has 0 amide bonds. The van der Waals surface area contributed by atoms with Crippen LogP contribution in [0.15, 0.2) is 48.1 Å². The average molecular weight is 887 g/mol. The lowest BCUT2D eigenvalue weighted by molar-refractivity contribution is -0.370. The van der Waals surface area contributed by atoms with Crippen LogP contribution in [0.25, 0.3) is 6.08 Å². The van der Waals surface area contributed by atoms with Crippen molar-refractivity contribution in [2.24, 2.45) is 0 Å². The van der Waals surface area contributed by atoms with E-state index in [1.165, 1.54) is 26.0 Å². The van der Waals surface area contributed by atoms with Crippen molar-refractivity contribution >= 4 is 47.7 Å². The molecule has 1 aromatic carbocycles. The Labute approximate surface area is 368 Å².